The van der Waals surface area contributed by atoms with Gasteiger partial charge in [0.2, 0.25) is 0 Å². The molecule has 0 aliphatic carbocycles. The number of hydrogen-bond acceptors (Lipinski definition) is 4. The van der Waals surface area contributed by atoms with Crippen LogP contribution in [0.15, 0.2) is 18.2 Å². The fourth-order valence-corrected chi connectivity index (χ4v) is 1.90. The average Bonchev–Trinajstić information content (AvgIpc) is 2.93. The Hall–Kier alpha value is -1.75. The minimum atomic E-state index is -0.350. The summed E-state index contributed by atoms with van der Waals surface area (Å²) in [6, 6.07) is 5.25. The van der Waals surface area contributed by atoms with E-state index >= 15 is 0 Å². The maximum absolute atomic E-state index is 11.9. The third-order valence-electron chi connectivity index (χ3n) is 2.89. The number of hydrogen-bond donors (Lipinski definition) is 1. The Morgan fingerprint density at radius 1 is 1.39 bits per heavy atom. The van der Waals surface area contributed by atoms with Crippen LogP contribution in [0, 0.1) is 0 Å². The van der Waals surface area contributed by atoms with Crippen molar-refractivity contribution in [2.24, 2.45) is 0 Å². The van der Waals surface area contributed by atoms with Crippen LogP contribution in [0.5, 0.6) is 11.5 Å². The van der Waals surface area contributed by atoms with E-state index in [0.29, 0.717) is 23.8 Å². The van der Waals surface area contributed by atoms with Crippen LogP contribution in [-0.4, -0.2) is 32.8 Å². The molecule has 98 valence electrons. The number of amides is 1. The molecule has 1 aliphatic rings. The van der Waals surface area contributed by atoms with Crippen molar-refractivity contribution < 1.29 is 19.0 Å². The number of methoxy groups -OCH3 is 2. The molecule has 5 nitrogen and oxygen atoms in total. The first-order valence-corrected chi connectivity index (χ1v) is 5.89. The fourth-order valence-electron chi connectivity index (χ4n) is 1.90. The maximum atomic E-state index is 11.9. The van der Waals surface area contributed by atoms with Crippen LogP contribution in [0.25, 0.3) is 0 Å². The molecule has 1 fully saturated rings. The Labute approximate surface area is 106 Å². The summed E-state index contributed by atoms with van der Waals surface area (Å²) in [7, 11) is 3.13. The zero-order valence-corrected chi connectivity index (χ0v) is 10.6. The normalized spacial score (nSPS) is 18.4. The van der Waals surface area contributed by atoms with Crippen molar-refractivity contribution >= 4 is 11.6 Å². The molecule has 0 spiro atoms. The van der Waals surface area contributed by atoms with Crippen molar-refractivity contribution in [1.29, 1.82) is 0 Å². The van der Waals surface area contributed by atoms with E-state index in [2.05, 4.69) is 5.32 Å². The van der Waals surface area contributed by atoms with Crippen molar-refractivity contribution in [2.45, 2.75) is 18.9 Å². The van der Waals surface area contributed by atoms with E-state index < -0.39 is 0 Å². The maximum Gasteiger partial charge on any atom is 0.253 e. The molecular formula is C13H17NO4. The van der Waals surface area contributed by atoms with Gasteiger partial charge in [0.1, 0.15) is 17.6 Å². The predicted octanol–water partition coefficient (Wildman–Crippen LogP) is 1.82. The van der Waals surface area contributed by atoms with Gasteiger partial charge in [-0.3, -0.25) is 4.79 Å². The van der Waals surface area contributed by atoms with Crippen LogP contribution in [0.2, 0.25) is 0 Å². The summed E-state index contributed by atoms with van der Waals surface area (Å²) in [5.41, 5.74) is 0.624. The molecule has 0 bridgehead atoms. The molecule has 1 aliphatic heterocycles. The van der Waals surface area contributed by atoms with Crippen LogP contribution in [-0.2, 0) is 9.53 Å². The van der Waals surface area contributed by atoms with Crippen molar-refractivity contribution in [3.8, 4) is 11.5 Å². The summed E-state index contributed by atoms with van der Waals surface area (Å²) in [6.07, 6.45) is 1.35. The first-order valence-electron chi connectivity index (χ1n) is 5.89. The lowest BCUT2D eigenvalue weighted by atomic mass is 10.2. The van der Waals surface area contributed by atoms with Crippen molar-refractivity contribution in [2.75, 3.05) is 26.1 Å². The lowest BCUT2D eigenvalue weighted by Crippen LogP contribution is -2.27. The molecule has 1 aromatic rings. The third kappa shape index (κ3) is 2.73. The highest BCUT2D eigenvalue weighted by Gasteiger charge is 2.24. The van der Waals surface area contributed by atoms with Crippen molar-refractivity contribution in [3.63, 3.8) is 0 Å². The first kappa shape index (κ1) is 12.7. The molecule has 0 aromatic heterocycles. The number of carbonyl (C=O) groups excluding carboxylic acids is 1. The molecular weight excluding hydrogens is 234 g/mol. The Balaban J connectivity index is 2.10. The molecule has 0 radical (unpaired) electrons. The van der Waals surface area contributed by atoms with Crippen LogP contribution >= 0.6 is 0 Å². The van der Waals surface area contributed by atoms with Gasteiger partial charge in [-0.15, -0.1) is 0 Å². The quantitative estimate of drug-likeness (QED) is 0.886. The lowest BCUT2D eigenvalue weighted by Gasteiger charge is -2.14. The SMILES string of the molecule is COc1ccc(NC(=O)[C@@H]2CCCO2)c(OC)c1. The van der Waals surface area contributed by atoms with Gasteiger partial charge in [0.25, 0.3) is 5.91 Å². The largest absolute Gasteiger partial charge is 0.497 e. The van der Waals surface area contributed by atoms with Crippen molar-refractivity contribution in [3.05, 3.63) is 18.2 Å². The van der Waals surface area contributed by atoms with E-state index in [0.717, 1.165) is 12.8 Å². The second-order valence-corrected chi connectivity index (χ2v) is 4.06. The van der Waals surface area contributed by atoms with Gasteiger partial charge < -0.3 is 19.5 Å². The smallest absolute Gasteiger partial charge is 0.253 e. The van der Waals surface area contributed by atoms with E-state index in [1.54, 1.807) is 32.4 Å². The van der Waals surface area contributed by atoms with Gasteiger partial charge in [0, 0.05) is 12.7 Å². The first-order chi connectivity index (χ1) is 8.74. The van der Waals surface area contributed by atoms with Gasteiger partial charge in [-0.05, 0) is 25.0 Å². The summed E-state index contributed by atoms with van der Waals surface area (Å²) in [5.74, 6) is 1.12. The summed E-state index contributed by atoms with van der Waals surface area (Å²) in [5, 5.41) is 2.81. The van der Waals surface area contributed by atoms with Crippen molar-refractivity contribution in [1.82, 2.24) is 0 Å². The van der Waals surface area contributed by atoms with E-state index in [4.69, 9.17) is 14.2 Å². The molecule has 1 atom stereocenters. The van der Waals surface area contributed by atoms with Crippen LogP contribution < -0.4 is 14.8 Å². The van der Waals surface area contributed by atoms with Crippen LogP contribution in [0.4, 0.5) is 5.69 Å². The molecule has 18 heavy (non-hydrogen) atoms. The minimum Gasteiger partial charge on any atom is -0.497 e. The monoisotopic (exact) mass is 251 g/mol. The minimum absolute atomic E-state index is 0.129. The van der Waals surface area contributed by atoms with Gasteiger partial charge >= 0.3 is 0 Å². The Morgan fingerprint density at radius 3 is 2.83 bits per heavy atom. The molecule has 1 heterocycles. The van der Waals surface area contributed by atoms with Crippen LogP contribution in [0.1, 0.15) is 12.8 Å². The number of benzene rings is 1. The van der Waals surface area contributed by atoms with Gasteiger partial charge in [0.15, 0.2) is 0 Å². The average molecular weight is 251 g/mol. The third-order valence-corrected chi connectivity index (χ3v) is 2.89. The van der Waals surface area contributed by atoms with E-state index in [9.17, 15) is 4.79 Å². The zero-order chi connectivity index (χ0) is 13.0. The van der Waals surface area contributed by atoms with Gasteiger partial charge in [-0.25, -0.2) is 0 Å². The highest BCUT2D eigenvalue weighted by molar-refractivity contribution is 5.95. The molecule has 1 aromatic carbocycles. The van der Waals surface area contributed by atoms with E-state index in [-0.39, 0.29) is 12.0 Å². The number of ether oxygens (including phenoxy) is 3. The zero-order valence-electron chi connectivity index (χ0n) is 10.6. The van der Waals surface area contributed by atoms with Crippen LogP contribution in [0.3, 0.4) is 0 Å². The summed E-state index contributed by atoms with van der Waals surface area (Å²) in [6.45, 7) is 0.651. The summed E-state index contributed by atoms with van der Waals surface area (Å²) < 4.78 is 15.6. The number of rotatable bonds is 4. The molecule has 0 saturated carbocycles. The van der Waals surface area contributed by atoms with E-state index in [1.807, 2.05) is 0 Å². The fraction of sp³-hybridized carbons (Fsp3) is 0.462. The predicted molar refractivity (Wildman–Crippen MR) is 67.1 cm³/mol. The Morgan fingerprint density at radius 2 is 2.22 bits per heavy atom. The second kappa shape index (κ2) is 5.73. The van der Waals surface area contributed by atoms with E-state index in [1.165, 1.54) is 0 Å². The second-order valence-electron chi connectivity index (χ2n) is 4.06. The van der Waals surface area contributed by atoms with Gasteiger partial charge in [-0.1, -0.05) is 0 Å². The highest BCUT2D eigenvalue weighted by atomic mass is 16.5. The lowest BCUT2D eigenvalue weighted by molar-refractivity contribution is -0.124. The summed E-state index contributed by atoms with van der Waals surface area (Å²) >= 11 is 0. The molecule has 1 saturated heterocycles. The number of anilines is 1. The van der Waals surface area contributed by atoms with Gasteiger partial charge in [0.05, 0.1) is 19.9 Å². The number of nitrogens with one attached hydrogen (secondary N) is 1. The molecule has 0 unspecified atom stereocenters. The Bertz CT molecular complexity index is 427. The topological polar surface area (TPSA) is 56.8 Å². The Kier molecular flexibility index (Phi) is 4.04. The summed E-state index contributed by atoms with van der Waals surface area (Å²) in [4.78, 5) is 11.9. The molecule has 2 rings (SSSR count). The number of carbonyl (C=O) groups is 1. The molecule has 1 N–H and O–H groups in total. The standard InChI is InChI=1S/C13H17NO4/c1-16-9-5-6-10(12(8-9)17-2)14-13(15)11-4-3-7-18-11/h5-6,8,11H,3-4,7H2,1-2H3,(H,14,15)/t11-/m0/s1. The highest BCUT2D eigenvalue weighted by Crippen LogP contribution is 2.29. The molecule has 5 heteroatoms. The van der Waals surface area contributed by atoms with Gasteiger partial charge in [-0.2, -0.15) is 0 Å². The molecule has 1 amide bonds.